The van der Waals surface area contributed by atoms with Gasteiger partial charge in [0, 0.05) is 13.1 Å². The summed E-state index contributed by atoms with van der Waals surface area (Å²) in [5.41, 5.74) is 0.269. The number of nitrogens with one attached hydrogen (secondary N) is 2. The fourth-order valence-electron chi connectivity index (χ4n) is 1.45. The van der Waals surface area contributed by atoms with E-state index in [1.54, 1.807) is 6.92 Å². The number of hydrogen-bond acceptors (Lipinski definition) is 3. The lowest BCUT2D eigenvalue weighted by Gasteiger charge is -2.08. The zero-order valence-corrected chi connectivity index (χ0v) is 12.4. The molecule has 0 heterocycles. The first-order chi connectivity index (χ1) is 8.92. The van der Waals surface area contributed by atoms with E-state index in [0.29, 0.717) is 13.1 Å². The third-order valence-electron chi connectivity index (χ3n) is 2.37. The second kappa shape index (κ2) is 6.88. The van der Waals surface area contributed by atoms with Gasteiger partial charge in [0.05, 0.1) is 15.5 Å². The Labute approximate surface area is 118 Å². The van der Waals surface area contributed by atoms with Crippen molar-refractivity contribution in [3.8, 4) is 0 Å². The number of sulfonamides is 1. The largest absolute Gasteiger partial charge is 0.352 e. The van der Waals surface area contributed by atoms with Gasteiger partial charge < -0.3 is 5.32 Å². The Balaban J connectivity index is 3.01. The van der Waals surface area contributed by atoms with Crippen LogP contribution in [0, 0.1) is 0 Å². The molecule has 0 atom stereocenters. The van der Waals surface area contributed by atoms with Gasteiger partial charge in [-0.2, -0.15) is 0 Å². The Bertz CT molecular complexity index is 558. The lowest BCUT2D eigenvalue weighted by Crippen LogP contribution is -2.25. The smallest absolute Gasteiger partial charge is 0.252 e. The molecule has 2 N–H and O–H groups in total. The highest BCUT2D eigenvalue weighted by molar-refractivity contribution is 7.89. The number of amides is 1. The van der Waals surface area contributed by atoms with Crippen LogP contribution in [0.15, 0.2) is 23.1 Å². The van der Waals surface area contributed by atoms with Crippen molar-refractivity contribution in [3.63, 3.8) is 0 Å². The first kappa shape index (κ1) is 15.9. The van der Waals surface area contributed by atoms with Crippen LogP contribution in [0.25, 0.3) is 0 Å². The Morgan fingerprint density at radius 2 is 2.00 bits per heavy atom. The van der Waals surface area contributed by atoms with E-state index in [1.807, 2.05) is 6.92 Å². The highest BCUT2D eigenvalue weighted by atomic mass is 35.5. The Morgan fingerprint density at radius 3 is 2.53 bits per heavy atom. The van der Waals surface area contributed by atoms with E-state index >= 15 is 0 Å². The van der Waals surface area contributed by atoms with Crippen LogP contribution in [0.1, 0.15) is 30.6 Å². The summed E-state index contributed by atoms with van der Waals surface area (Å²) in [6.45, 7) is 4.46. The second-order valence-electron chi connectivity index (χ2n) is 3.90. The lowest BCUT2D eigenvalue weighted by molar-refractivity contribution is 0.0953. The molecule has 0 aliphatic rings. The maximum Gasteiger partial charge on any atom is 0.252 e. The van der Waals surface area contributed by atoms with E-state index < -0.39 is 10.0 Å². The summed E-state index contributed by atoms with van der Waals surface area (Å²) in [6.07, 6.45) is 0.816. The number of hydrogen-bond donors (Lipinski definition) is 2. The van der Waals surface area contributed by atoms with Crippen LogP contribution in [-0.2, 0) is 10.0 Å². The van der Waals surface area contributed by atoms with E-state index in [4.69, 9.17) is 11.6 Å². The molecule has 0 aliphatic carbocycles. The van der Waals surface area contributed by atoms with E-state index in [1.165, 1.54) is 18.2 Å². The first-order valence-electron chi connectivity index (χ1n) is 5.99. The maximum atomic E-state index is 11.8. The van der Waals surface area contributed by atoms with Gasteiger partial charge in [-0.3, -0.25) is 4.79 Å². The summed E-state index contributed by atoms with van der Waals surface area (Å²) in [4.78, 5) is 11.8. The van der Waals surface area contributed by atoms with Gasteiger partial charge in [-0.1, -0.05) is 25.4 Å². The molecule has 0 saturated carbocycles. The van der Waals surface area contributed by atoms with E-state index in [2.05, 4.69) is 10.0 Å². The number of benzene rings is 1. The molecule has 0 saturated heterocycles. The van der Waals surface area contributed by atoms with Crippen molar-refractivity contribution in [2.75, 3.05) is 13.1 Å². The monoisotopic (exact) mass is 304 g/mol. The van der Waals surface area contributed by atoms with Crippen LogP contribution in [-0.4, -0.2) is 27.4 Å². The van der Waals surface area contributed by atoms with Crippen molar-refractivity contribution < 1.29 is 13.2 Å². The third kappa shape index (κ3) is 4.19. The molecule has 1 aromatic carbocycles. The molecule has 0 unspecified atom stereocenters. The summed E-state index contributed by atoms with van der Waals surface area (Å²) in [5.74, 6) is -0.306. The summed E-state index contributed by atoms with van der Waals surface area (Å²) < 4.78 is 25.9. The topological polar surface area (TPSA) is 75.3 Å². The minimum Gasteiger partial charge on any atom is -0.352 e. The number of carbonyl (C=O) groups excluding carboxylic acids is 1. The number of carbonyl (C=O) groups is 1. The van der Waals surface area contributed by atoms with Crippen LogP contribution >= 0.6 is 11.6 Å². The van der Waals surface area contributed by atoms with Crippen molar-refractivity contribution >= 4 is 27.5 Å². The maximum absolute atomic E-state index is 11.8. The van der Waals surface area contributed by atoms with Gasteiger partial charge in [0.25, 0.3) is 5.91 Å². The molecule has 0 aromatic heterocycles. The minimum atomic E-state index is -3.56. The van der Waals surface area contributed by atoms with Gasteiger partial charge in [0.2, 0.25) is 10.0 Å². The van der Waals surface area contributed by atoms with E-state index in [9.17, 15) is 13.2 Å². The third-order valence-corrected chi connectivity index (χ3v) is 4.22. The summed E-state index contributed by atoms with van der Waals surface area (Å²) in [6, 6.07) is 4.06. The highest BCUT2D eigenvalue weighted by Gasteiger charge is 2.16. The second-order valence-corrected chi connectivity index (χ2v) is 6.07. The van der Waals surface area contributed by atoms with Crippen LogP contribution in [0.5, 0.6) is 0 Å². The van der Waals surface area contributed by atoms with Crippen molar-refractivity contribution in [3.05, 3.63) is 28.8 Å². The quantitative estimate of drug-likeness (QED) is 0.841. The van der Waals surface area contributed by atoms with E-state index in [0.717, 1.165) is 6.42 Å². The predicted octanol–water partition coefficient (Wildman–Crippen LogP) is 1.78. The first-order valence-corrected chi connectivity index (χ1v) is 7.86. The Kier molecular flexibility index (Phi) is 5.78. The molecule has 19 heavy (non-hydrogen) atoms. The molecule has 1 rings (SSSR count). The SMILES string of the molecule is CCCNC(=O)c1ccc(S(=O)(=O)NCC)cc1Cl. The standard InChI is InChI=1S/C12H17ClN2O3S/c1-3-7-14-12(16)10-6-5-9(8-11(10)13)19(17,18)15-4-2/h5-6,8,15H,3-4,7H2,1-2H3,(H,14,16). The summed E-state index contributed by atoms with van der Waals surface area (Å²) >= 11 is 5.96. The van der Waals surface area contributed by atoms with E-state index in [-0.39, 0.29) is 21.4 Å². The van der Waals surface area contributed by atoms with Crippen LogP contribution in [0.2, 0.25) is 5.02 Å². The van der Waals surface area contributed by atoms with Gasteiger partial charge in [0.15, 0.2) is 0 Å². The normalized spacial score (nSPS) is 11.3. The molecule has 0 spiro atoms. The van der Waals surface area contributed by atoms with Crippen LogP contribution in [0.4, 0.5) is 0 Å². The van der Waals surface area contributed by atoms with Crippen molar-refractivity contribution in [1.82, 2.24) is 10.0 Å². The molecule has 5 nitrogen and oxygen atoms in total. The zero-order chi connectivity index (χ0) is 14.5. The zero-order valence-electron chi connectivity index (χ0n) is 10.9. The van der Waals surface area contributed by atoms with Crippen LogP contribution < -0.4 is 10.0 Å². The van der Waals surface area contributed by atoms with Gasteiger partial charge in [-0.15, -0.1) is 0 Å². The van der Waals surface area contributed by atoms with Gasteiger partial charge in [-0.25, -0.2) is 13.1 Å². The van der Waals surface area contributed by atoms with Crippen molar-refractivity contribution in [1.29, 1.82) is 0 Å². The molecule has 0 radical (unpaired) electrons. The number of halogens is 1. The molecule has 0 aliphatic heterocycles. The molecule has 1 amide bonds. The van der Waals surface area contributed by atoms with Gasteiger partial charge >= 0.3 is 0 Å². The summed E-state index contributed by atoms with van der Waals surface area (Å²) in [5, 5.41) is 2.80. The molecular weight excluding hydrogens is 288 g/mol. The molecular formula is C12H17ClN2O3S. The van der Waals surface area contributed by atoms with Crippen molar-refractivity contribution in [2.24, 2.45) is 0 Å². The van der Waals surface area contributed by atoms with Crippen LogP contribution in [0.3, 0.4) is 0 Å². The lowest BCUT2D eigenvalue weighted by atomic mass is 10.2. The molecule has 0 bridgehead atoms. The minimum absolute atomic E-state index is 0.0476. The average Bonchev–Trinajstić information content (AvgIpc) is 2.35. The Morgan fingerprint density at radius 1 is 1.32 bits per heavy atom. The fraction of sp³-hybridized carbons (Fsp3) is 0.417. The molecule has 106 valence electrons. The fourth-order valence-corrected chi connectivity index (χ4v) is 2.85. The average molecular weight is 305 g/mol. The van der Waals surface area contributed by atoms with Gasteiger partial charge in [0.1, 0.15) is 0 Å². The predicted molar refractivity (Wildman–Crippen MR) is 74.9 cm³/mol. The molecule has 0 fully saturated rings. The highest BCUT2D eigenvalue weighted by Crippen LogP contribution is 2.20. The van der Waals surface area contributed by atoms with Crippen molar-refractivity contribution in [2.45, 2.75) is 25.2 Å². The summed E-state index contributed by atoms with van der Waals surface area (Å²) in [7, 11) is -3.56. The Hall–Kier alpha value is -1.11. The number of rotatable bonds is 6. The molecule has 7 heteroatoms. The van der Waals surface area contributed by atoms with Gasteiger partial charge in [-0.05, 0) is 24.6 Å². The molecule has 1 aromatic rings.